The van der Waals surface area contributed by atoms with Gasteiger partial charge in [0.1, 0.15) is 5.75 Å². The average Bonchev–Trinajstić information content (AvgIpc) is 2.92. The van der Waals surface area contributed by atoms with Crippen molar-refractivity contribution >= 4 is 16.6 Å². The molecule has 0 spiro atoms. The van der Waals surface area contributed by atoms with Crippen LogP contribution in [-0.4, -0.2) is 29.2 Å². The van der Waals surface area contributed by atoms with Crippen molar-refractivity contribution in [3.8, 4) is 11.6 Å². The van der Waals surface area contributed by atoms with E-state index >= 15 is 0 Å². The lowest BCUT2D eigenvalue weighted by Gasteiger charge is -2.21. The van der Waals surface area contributed by atoms with Gasteiger partial charge in [0, 0.05) is 5.56 Å². The van der Waals surface area contributed by atoms with Gasteiger partial charge in [-0.1, -0.05) is 18.2 Å². The highest BCUT2D eigenvalue weighted by Gasteiger charge is 2.13. The fourth-order valence-corrected chi connectivity index (χ4v) is 2.52. The second-order valence-electron chi connectivity index (χ2n) is 4.95. The Morgan fingerprint density at radius 3 is 2.65 bits per heavy atom. The summed E-state index contributed by atoms with van der Waals surface area (Å²) < 4.78 is 12.4. The molecular formula is C16H16N3O4-. The van der Waals surface area contributed by atoms with Crippen LogP contribution in [-0.2, 0) is 6.54 Å². The minimum Gasteiger partial charge on any atom is -0.733 e. The molecule has 0 bridgehead atoms. The SMILES string of the molecule is COc1ccccc1Cn1nc(OC)c2cc(N([O-])O)ccc21. The van der Waals surface area contributed by atoms with E-state index in [0.29, 0.717) is 17.8 Å². The molecule has 0 atom stereocenters. The van der Waals surface area contributed by atoms with E-state index < -0.39 is 0 Å². The van der Waals surface area contributed by atoms with E-state index in [1.54, 1.807) is 17.9 Å². The summed E-state index contributed by atoms with van der Waals surface area (Å²) in [4.78, 5) is 0. The van der Waals surface area contributed by atoms with Crippen LogP contribution in [0.1, 0.15) is 5.56 Å². The topological polar surface area (TPSA) is 82.8 Å². The van der Waals surface area contributed by atoms with E-state index in [2.05, 4.69) is 5.10 Å². The summed E-state index contributed by atoms with van der Waals surface area (Å²) >= 11 is 0. The number of ether oxygens (including phenoxy) is 2. The Balaban J connectivity index is 2.07. The first kappa shape index (κ1) is 15.1. The number of anilines is 1. The highest BCUT2D eigenvalue weighted by atomic mass is 16.8. The maximum absolute atomic E-state index is 11.1. The number of para-hydroxylation sites is 1. The standard InChI is InChI=1S/C16H16N3O4/c1-22-15-6-4-3-5-11(15)10-18-14-8-7-12(19(20)21)9-13(14)16(17-18)23-2/h3-9,20H,10H2,1-2H3/q-1. The van der Waals surface area contributed by atoms with Crippen molar-refractivity contribution in [1.82, 2.24) is 9.78 Å². The van der Waals surface area contributed by atoms with Crippen molar-refractivity contribution < 1.29 is 14.7 Å². The highest BCUT2D eigenvalue weighted by Crippen LogP contribution is 2.30. The van der Waals surface area contributed by atoms with Gasteiger partial charge in [0.25, 0.3) is 0 Å². The number of benzene rings is 2. The summed E-state index contributed by atoms with van der Waals surface area (Å²) in [6.45, 7) is 0.490. The summed E-state index contributed by atoms with van der Waals surface area (Å²) in [5, 5.41) is 25.0. The third-order valence-corrected chi connectivity index (χ3v) is 3.63. The van der Waals surface area contributed by atoms with Crippen LogP contribution in [0.4, 0.5) is 5.69 Å². The molecule has 0 amide bonds. The van der Waals surface area contributed by atoms with Crippen LogP contribution in [0.5, 0.6) is 11.6 Å². The third-order valence-electron chi connectivity index (χ3n) is 3.63. The van der Waals surface area contributed by atoms with Gasteiger partial charge in [0.2, 0.25) is 5.88 Å². The molecule has 2 aromatic carbocycles. The zero-order valence-electron chi connectivity index (χ0n) is 12.8. The number of rotatable bonds is 5. The molecule has 7 heteroatoms. The first-order valence-corrected chi connectivity index (χ1v) is 6.96. The zero-order valence-corrected chi connectivity index (χ0v) is 12.8. The summed E-state index contributed by atoms with van der Waals surface area (Å²) in [7, 11) is 3.13. The molecule has 3 aromatic rings. The Morgan fingerprint density at radius 2 is 1.96 bits per heavy atom. The van der Waals surface area contributed by atoms with E-state index in [9.17, 15) is 5.21 Å². The monoisotopic (exact) mass is 314 g/mol. The lowest BCUT2D eigenvalue weighted by Crippen LogP contribution is -2.07. The van der Waals surface area contributed by atoms with Gasteiger partial charge in [-0.2, -0.15) is 0 Å². The maximum Gasteiger partial charge on any atom is 0.240 e. The molecule has 1 aromatic heterocycles. The fourth-order valence-electron chi connectivity index (χ4n) is 2.52. The predicted molar refractivity (Wildman–Crippen MR) is 86.0 cm³/mol. The number of hydrogen-bond donors (Lipinski definition) is 1. The number of hydrogen-bond acceptors (Lipinski definition) is 6. The van der Waals surface area contributed by atoms with Crippen LogP contribution in [0.15, 0.2) is 42.5 Å². The van der Waals surface area contributed by atoms with Crippen molar-refractivity contribution in [2.24, 2.45) is 0 Å². The molecule has 1 heterocycles. The van der Waals surface area contributed by atoms with Crippen molar-refractivity contribution in [1.29, 1.82) is 0 Å². The van der Waals surface area contributed by atoms with Gasteiger partial charge >= 0.3 is 0 Å². The van der Waals surface area contributed by atoms with Gasteiger partial charge in [-0.05, 0) is 24.3 Å². The van der Waals surface area contributed by atoms with E-state index in [0.717, 1.165) is 16.8 Å². The molecule has 0 saturated carbocycles. The summed E-state index contributed by atoms with van der Waals surface area (Å²) in [5.74, 6) is 1.16. The summed E-state index contributed by atoms with van der Waals surface area (Å²) in [6.07, 6.45) is 0. The number of nitrogens with zero attached hydrogens (tertiary/aromatic N) is 3. The maximum atomic E-state index is 11.1. The quantitative estimate of drug-likeness (QED) is 0.729. The number of aromatic nitrogens is 2. The summed E-state index contributed by atoms with van der Waals surface area (Å²) in [5.41, 5.74) is 1.88. The van der Waals surface area contributed by atoms with E-state index in [1.165, 1.54) is 19.2 Å². The summed E-state index contributed by atoms with van der Waals surface area (Å²) in [6, 6.07) is 12.5. The zero-order chi connectivity index (χ0) is 16.4. The minimum absolute atomic E-state index is 0.118. The molecule has 23 heavy (non-hydrogen) atoms. The normalized spacial score (nSPS) is 10.8. The Kier molecular flexibility index (Phi) is 4.05. The van der Waals surface area contributed by atoms with Crippen LogP contribution in [0, 0.1) is 5.21 Å². The van der Waals surface area contributed by atoms with Crippen molar-refractivity contribution in [2.75, 3.05) is 19.4 Å². The Morgan fingerprint density at radius 1 is 1.17 bits per heavy atom. The lowest BCUT2D eigenvalue weighted by molar-refractivity contribution is 0.296. The fraction of sp³-hybridized carbons (Fsp3) is 0.188. The number of fused-ring (bicyclic) bond motifs is 1. The molecule has 120 valence electrons. The second kappa shape index (κ2) is 6.15. The van der Waals surface area contributed by atoms with Gasteiger partial charge in [-0.25, -0.2) is 0 Å². The molecule has 1 N–H and O–H groups in total. The minimum atomic E-state index is -0.184. The van der Waals surface area contributed by atoms with Gasteiger partial charge in [0.15, 0.2) is 0 Å². The third kappa shape index (κ3) is 2.79. The van der Waals surface area contributed by atoms with Gasteiger partial charge in [-0.15, -0.1) is 5.10 Å². The molecule has 3 rings (SSSR count). The molecule has 0 fully saturated rings. The smallest absolute Gasteiger partial charge is 0.240 e. The average molecular weight is 314 g/mol. The molecular weight excluding hydrogens is 298 g/mol. The first-order valence-electron chi connectivity index (χ1n) is 6.96. The molecule has 0 aliphatic rings. The van der Waals surface area contributed by atoms with Crippen LogP contribution in [0.3, 0.4) is 0 Å². The molecule has 0 aliphatic carbocycles. The van der Waals surface area contributed by atoms with Crippen LogP contribution >= 0.6 is 0 Å². The van der Waals surface area contributed by atoms with E-state index in [-0.39, 0.29) is 10.9 Å². The predicted octanol–water partition coefficient (Wildman–Crippen LogP) is 2.80. The van der Waals surface area contributed by atoms with E-state index in [4.69, 9.17) is 14.7 Å². The Bertz CT molecular complexity index is 829. The lowest BCUT2D eigenvalue weighted by atomic mass is 10.2. The van der Waals surface area contributed by atoms with Crippen molar-refractivity contribution in [2.45, 2.75) is 6.54 Å². The molecule has 0 radical (unpaired) electrons. The molecule has 0 aliphatic heterocycles. The van der Waals surface area contributed by atoms with Crippen LogP contribution in [0.25, 0.3) is 10.9 Å². The van der Waals surface area contributed by atoms with Crippen LogP contribution < -0.4 is 14.7 Å². The van der Waals surface area contributed by atoms with E-state index in [1.807, 2.05) is 24.3 Å². The van der Waals surface area contributed by atoms with Gasteiger partial charge < -0.3 is 19.9 Å². The number of methoxy groups -OCH3 is 2. The van der Waals surface area contributed by atoms with Gasteiger partial charge in [0.05, 0.1) is 37.4 Å². The Labute approximate surface area is 132 Å². The van der Waals surface area contributed by atoms with Crippen molar-refractivity contribution in [3.05, 3.63) is 53.2 Å². The first-order chi connectivity index (χ1) is 11.1. The largest absolute Gasteiger partial charge is 0.733 e. The molecule has 0 unspecified atom stereocenters. The second-order valence-corrected chi connectivity index (χ2v) is 4.95. The van der Waals surface area contributed by atoms with Gasteiger partial charge in [-0.3, -0.25) is 9.89 Å². The molecule has 7 nitrogen and oxygen atoms in total. The highest BCUT2D eigenvalue weighted by molar-refractivity contribution is 5.88. The van der Waals surface area contributed by atoms with Crippen LogP contribution in [0.2, 0.25) is 0 Å². The van der Waals surface area contributed by atoms with Crippen molar-refractivity contribution in [3.63, 3.8) is 0 Å². The Hall–Kier alpha value is -2.77. The molecule has 0 saturated heterocycles.